The maximum Gasteiger partial charge on any atom is 0.248 e. The number of amides is 1. The number of sulfonamides is 1. The molecule has 1 aromatic heterocycles. The Morgan fingerprint density at radius 2 is 1.70 bits per heavy atom. The lowest BCUT2D eigenvalue weighted by molar-refractivity contribution is -0.137. The number of aryl methyl sites for hydroxylation is 2. The van der Waals surface area contributed by atoms with E-state index < -0.39 is 10.0 Å². The van der Waals surface area contributed by atoms with Crippen LogP contribution in [0.4, 0.5) is 0 Å². The Labute approximate surface area is 161 Å². The summed E-state index contributed by atoms with van der Waals surface area (Å²) < 4.78 is 32.6. The zero-order valence-corrected chi connectivity index (χ0v) is 17.3. The first-order valence-corrected chi connectivity index (χ1v) is 11.2. The minimum atomic E-state index is -3.64. The highest BCUT2D eigenvalue weighted by Crippen LogP contribution is 2.24. The van der Waals surface area contributed by atoms with Crippen molar-refractivity contribution in [3.63, 3.8) is 0 Å². The highest BCUT2D eigenvalue weighted by atomic mass is 32.2. The molecule has 0 radical (unpaired) electrons. The Kier molecular flexibility index (Phi) is 6.22. The lowest BCUT2D eigenvalue weighted by atomic mass is 10.1. The molecule has 0 aliphatic carbocycles. The van der Waals surface area contributed by atoms with Crippen LogP contribution in [0.15, 0.2) is 9.42 Å². The number of aromatic nitrogens is 1. The van der Waals surface area contributed by atoms with E-state index in [0.717, 1.165) is 25.9 Å². The van der Waals surface area contributed by atoms with Gasteiger partial charge in [0.25, 0.3) is 0 Å². The van der Waals surface area contributed by atoms with E-state index in [1.54, 1.807) is 13.8 Å². The first-order chi connectivity index (χ1) is 12.8. The number of hydrogen-bond donors (Lipinski definition) is 0. The zero-order valence-electron chi connectivity index (χ0n) is 16.5. The molecular weight excluding hydrogens is 368 g/mol. The molecule has 0 saturated carbocycles. The van der Waals surface area contributed by atoms with Crippen molar-refractivity contribution in [1.82, 2.24) is 19.3 Å². The molecule has 2 fully saturated rings. The molecule has 0 spiro atoms. The molecule has 0 N–H and O–H groups in total. The minimum absolute atomic E-state index is 0.164. The summed E-state index contributed by atoms with van der Waals surface area (Å²) in [6.07, 6.45) is 4.03. The molecule has 1 unspecified atom stereocenters. The fourth-order valence-electron chi connectivity index (χ4n) is 4.05. The van der Waals surface area contributed by atoms with Crippen LogP contribution in [0.25, 0.3) is 0 Å². The fourth-order valence-corrected chi connectivity index (χ4v) is 5.81. The van der Waals surface area contributed by atoms with Gasteiger partial charge in [-0.1, -0.05) is 5.16 Å². The van der Waals surface area contributed by atoms with Gasteiger partial charge in [-0.15, -0.1) is 0 Å². The standard InChI is InChI=1S/C18H30N4O4S/c1-14-17(16(3)26-19-14)27(24,25)22-11-7-10-20(12-13-22)15(2)18(23)21-8-5-4-6-9-21/h15H,4-13H2,1-3H3. The van der Waals surface area contributed by atoms with Gasteiger partial charge in [-0.05, 0) is 46.5 Å². The number of likely N-dealkylation sites (tertiary alicyclic amines) is 1. The van der Waals surface area contributed by atoms with Crippen molar-refractivity contribution in [3.8, 4) is 0 Å². The number of hydrogen-bond acceptors (Lipinski definition) is 6. The first kappa shape index (κ1) is 20.3. The van der Waals surface area contributed by atoms with E-state index in [4.69, 9.17) is 4.52 Å². The van der Waals surface area contributed by atoms with Crippen LogP contribution in [0.3, 0.4) is 0 Å². The number of carbonyl (C=O) groups excluding carboxylic acids is 1. The first-order valence-electron chi connectivity index (χ1n) is 9.78. The SMILES string of the molecule is Cc1noc(C)c1S(=O)(=O)N1CCCN(C(C)C(=O)N2CCCCC2)CC1. The third-order valence-corrected chi connectivity index (χ3v) is 7.77. The molecular formula is C18H30N4O4S. The molecule has 3 rings (SSSR count). The number of carbonyl (C=O) groups is 1. The Balaban J connectivity index is 1.67. The lowest BCUT2D eigenvalue weighted by Crippen LogP contribution is -2.49. The number of piperidine rings is 1. The molecule has 152 valence electrons. The summed E-state index contributed by atoms with van der Waals surface area (Å²) in [6.45, 7) is 8.95. The van der Waals surface area contributed by atoms with E-state index in [1.807, 2.05) is 11.8 Å². The van der Waals surface area contributed by atoms with Crippen molar-refractivity contribution in [3.05, 3.63) is 11.5 Å². The second kappa shape index (κ2) is 8.28. The summed E-state index contributed by atoms with van der Waals surface area (Å²) in [6, 6.07) is -0.218. The summed E-state index contributed by atoms with van der Waals surface area (Å²) >= 11 is 0. The van der Waals surface area contributed by atoms with Gasteiger partial charge >= 0.3 is 0 Å². The van der Waals surface area contributed by atoms with Crippen LogP contribution >= 0.6 is 0 Å². The van der Waals surface area contributed by atoms with Crippen LogP contribution in [0, 0.1) is 13.8 Å². The van der Waals surface area contributed by atoms with Crippen molar-refractivity contribution < 1.29 is 17.7 Å². The van der Waals surface area contributed by atoms with E-state index in [1.165, 1.54) is 10.7 Å². The van der Waals surface area contributed by atoms with Crippen molar-refractivity contribution >= 4 is 15.9 Å². The number of nitrogens with zero attached hydrogens (tertiary/aromatic N) is 4. The third kappa shape index (κ3) is 4.20. The summed E-state index contributed by atoms with van der Waals surface area (Å²) in [7, 11) is -3.64. The Morgan fingerprint density at radius 1 is 1.00 bits per heavy atom. The Morgan fingerprint density at radius 3 is 2.33 bits per heavy atom. The maximum atomic E-state index is 13.0. The van der Waals surface area contributed by atoms with Crippen molar-refractivity contribution in [1.29, 1.82) is 0 Å². The molecule has 8 nitrogen and oxygen atoms in total. The maximum absolute atomic E-state index is 13.0. The monoisotopic (exact) mass is 398 g/mol. The van der Waals surface area contributed by atoms with Gasteiger partial charge in [0.2, 0.25) is 15.9 Å². The molecule has 1 atom stereocenters. The van der Waals surface area contributed by atoms with Crippen molar-refractivity contribution in [2.24, 2.45) is 0 Å². The van der Waals surface area contributed by atoms with Gasteiger partial charge < -0.3 is 9.42 Å². The van der Waals surface area contributed by atoms with Gasteiger partial charge in [-0.25, -0.2) is 8.42 Å². The van der Waals surface area contributed by atoms with E-state index in [0.29, 0.717) is 44.1 Å². The van der Waals surface area contributed by atoms with E-state index in [9.17, 15) is 13.2 Å². The topological polar surface area (TPSA) is 87.0 Å². The van der Waals surface area contributed by atoms with Gasteiger partial charge in [0.15, 0.2) is 5.76 Å². The summed E-state index contributed by atoms with van der Waals surface area (Å²) in [4.78, 5) is 17.0. The van der Waals surface area contributed by atoms with Crippen LogP contribution in [-0.2, 0) is 14.8 Å². The molecule has 3 heterocycles. The summed E-state index contributed by atoms with van der Waals surface area (Å²) in [5.41, 5.74) is 0.391. The normalized spacial score (nSPS) is 21.8. The summed E-state index contributed by atoms with van der Waals surface area (Å²) in [5, 5.41) is 3.78. The van der Waals surface area contributed by atoms with Gasteiger partial charge in [0.1, 0.15) is 10.6 Å². The third-order valence-electron chi connectivity index (χ3n) is 5.63. The van der Waals surface area contributed by atoms with Crippen molar-refractivity contribution in [2.45, 2.75) is 57.4 Å². The predicted octanol–water partition coefficient (Wildman–Crippen LogP) is 1.39. The largest absolute Gasteiger partial charge is 0.360 e. The Bertz CT molecular complexity index is 751. The molecule has 1 aromatic rings. The predicted molar refractivity (Wildman–Crippen MR) is 101 cm³/mol. The minimum Gasteiger partial charge on any atom is -0.360 e. The molecule has 0 aromatic carbocycles. The number of rotatable bonds is 4. The molecule has 0 bridgehead atoms. The lowest BCUT2D eigenvalue weighted by Gasteiger charge is -2.34. The smallest absolute Gasteiger partial charge is 0.248 e. The van der Waals surface area contributed by atoms with Gasteiger partial charge in [-0.3, -0.25) is 9.69 Å². The second-order valence-corrected chi connectivity index (χ2v) is 9.38. The highest BCUT2D eigenvalue weighted by molar-refractivity contribution is 7.89. The van der Waals surface area contributed by atoms with E-state index >= 15 is 0 Å². The second-order valence-electron chi connectivity index (χ2n) is 7.51. The zero-order chi connectivity index (χ0) is 19.6. The van der Waals surface area contributed by atoms with Crippen LogP contribution < -0.4 is 0 Å². The quantitative estimate of drug-likeness (QED) is 0.762. The molecule has 2 aliphatic heterocycles. The van der Waals surface area contributed by atoms with Gasteiger partial charge in [0, 0.05) is 39.3 Å². The van der Waals surface area contributed by atoms with E-state index in [-0.39, 0.29) is 16.8 Å². The molecule has 1 amide bonds. The van der Waals surface area contributed by atoms with Gasteiger partial charge in [0.05, 0.1) is 6.04 Å². The molecule has 27 heavy (non-hydrogen) atoms. The summed E-state index contributed by atoms with van der Waals surface area (Å²) in [5.74, 6) is 0.485. The van der Waals surface area contributed by atoms with Crippen LogP contribution in [0.2, 0.25) is 0 Å². The molecule has 2 saturated heterocycles. The molecule has 9 heteroatoms. The average Bonchev–Trinajstić information content (AvgIpc) is 2.87. The fraction of sp³-hybridized carbons (Fsp3) is 0.778. The Hall–Kier alpha value is -1.45. The van der Waals surface area contributed by atoms with Gasteiger partial charge in [-0.2, -0.15) is 4.31 Å². The van der Waals surface area contributed by atoms with Crippen molar-refractivity contribution in [2.75, 3.05) is 39.3 Å². The molecule has 2 aliphatic rings. The van der Waals surface area contributed by atoms with Crippen LogP contribution in [0.5, 0.6) is 0 Å². The van der Waals surface area contributed by atoms with Crippen LogP contribution in [-0.4, -0.2) is 78.9 Å². The highest BCUT2D eigenvalue weighted by Gasteiger charge is 2.34. The van der Waals surface area contributed by atoms with E-state index in [2.05, 4.69) is 10.1 Å². The van der Waals surface area contributed by atoms with Crippen LogP contribution in [0.1, 0.15) is 44.1 Å². The average molecular weight is 399 g/mol.